The summed E-state index contributed by atoms with van der Waals surface area (Å²) >= 11 is 0. The number of rotatable bonds is 6. The molecular formula is C30H42N6O3. The number of amides is 1. The maximum atomic E-state index is 11.6. The number of benzene rings is 1. The number of hydrogen-bond acceptors (Lipinski definition) is 7. The Labute approximate surface area is 231 Å². The number of piperazine rings is 1. The molecule has 2 aromatic heterocycles. The number of anilines is 1. The van der Waals surface area contributed by atoms with Crippen LogP contribution in [-0.4, -0.2) is 84.7 Å². The first kappa shape index (κ1) is 28.6. The number of aromatic nitrogens is 2. The second-order valence-corrected chi connectivity index (χ2v) is 9.90. The highest BCUT2D eigenvalue weighted by molar-refractivity contribution is 5.78. The Kier molecular flexibility index (Phi) is 9.95. The van der Waals surface area contributed by atoms with E-state index >= 15 is 0 Å². The average molecular weight is 535 g/mol. The van der Waals surface area contributed by atoms with Crippen molar-refractivity contribution in [2.75, 3.05) is 50.8 Å². The Hall–Kier alpha value is -3.43. The van der Waals surface area contributed by atoms with Crippen LogP contribution < -0.4 is 15.0 Å². The highest BCUT2D eigenvalue weighted by Crippen LogP contribution is 2.31. The van der Waals surface area contributed by atoms with Crippen LogP contribution in [0.3, 0.4) is 0 Å². The summed E-state index contributed by atoms with van der Waals surface area (Å²) in [5.41, 5.74) is 4.37. The van der Waals surface area contributed by atoms with E-state index in [-0.39, 0.29) is 17.9 Å². The second kappa shape index (κ2) is 13.6. The Bertz CT molecular complexity index is 1220. The molecule has 0 radical (unpaired) electrons. The molecule has 2 atom stereocenters. The minimum absolute atomic E-state index is 0.0690. The van der Waals surface area contributed by atoms with Gasteiger partial charge in [-0.25, -0.2) is 4.52 Å². The van der Waals surface area contributed by atoms with Crippen molar-refractivity contribution in [1.82, 2.24) is 19.8 Å². The van der Waals surface area contributed by atoms with Gasteiger partial charge in [0.1, 0.15) is 17.4 Å². The standard InChI is InChI=1S/C26H31N5O3.C2H5N.C2H6/c1-18(20-13-26(32)27-14-20)34-25-12-21(15-31-24(25)6-7-28-31)19-2-4-22(5-3-19)29-8-10-30(11-9-29)23-16-33-17-23;1-2-3;1-2/h2-7,12,15,18,20,23H,8-11,13-14,16-17H2,1H3,(H,27,32);2-3H,1H3;1-2H3. The lowest BCUT2D eigenvalue weighted by atomic mass is 10.0. The minimum atomic E-state index is -0.0690. The molecule has 1 amide bonds. The third kappa shape index (κ3) is 6.78. The quantitative estimate of drug-likeness (QED) is 0.462. The fourth-order valence-corrected chi connectivity index (χ4v) is 5.15. The van der Waals surface area contributed by atoms with Crippen molar-refractivity contribution in [2.45, 2.75) is 46.3 Å². The van der Waals surface area contributed by atoms with Gasteiger partial charge in [-0.15, -0.1) is 0 Å². The second-order valence-electron chi connectivity index (χ2n) is 9.90. The molecule has 3 saturated heterocycles. The predicted molar refractivity (Wildman–Crippen MR) is 156 cm³/mol. The average Bonchev–Trinajstić information content (AvgIpc) is 3.59. The molecule has 3 aliphatic rings. The molecule has 9 heteroatoms. The van der Waals surface area contributed by atoms with Gasteiger partial charge >= 0.3 is 0 Å². The van der Waals surface area contributed by atoms with E-state index in [2.05, 4.69) is 50.5 Å². The minimum Gasteiger partial charge on any atom is -0.488 e. The molecule has 5 heterocycles. The third-order valence-corrected chi connectivity index (χ3v) is 7.47. The van der Waals surface area contributed by atoms with Crippen LogP contribution in [-0.2, 0) is 9.53 Å². The van der Waals surface area contributed by atoms with Crippen LogP contribution in [0.1, 0.15) is 34.1 Å². The zero-order chi connectivity index (χ0) is 27.8. The Morgan fingerprint density at radius 1 is 1.10 bits per heavy atom. The van der Waals surface area contributed by atoms with Gasteiger partial charge in [-0.2, -0.15) is 5.10 Å². The Morgan fingerprint density at radius 2 is 1.79 bits per heavy atom. The lowest BCUT2D eigenvalue weighted by Crippen LogP contribution is -2.56. The number of pyridine rings is 1. The third-order valence-electron chi connectivity index (χ3n) is 7.47. The van der Waals surface area contributed by atoms with E-state index in [1.807, 2.05) is 37.5 Å². The SMILES string of the molecule is CC.CC(Oc1cc(-c2ccc(N3CCN(C4COC4)CC3)cc2)cn2nccc12)C1CNC(=O)C1.CC=N. The van der Waals surface area contributed by atoms with Crippen LogP contribution in [0.15, 0.2) is 48.8 Å². The number of nitrogens with one attached hydrogen (secondary N) is 2. The van der Waals surface area contributed by atoms with Gasteiger partial charge in [0, 0.05) is 62.5 Å². The van der Waals surface area contributed by atoms with Crippen molar-refractivity contribution < 1.29 is 14.3 Å². The largest absolute Gasteiger partial charge is 0.488 e. The summed E-state index contributed by atoms with van der Waals surface area (Å²) in [6.07, 6.45) is 5.53. The predicted octanol–water partition coefficient (Wildman–Crippen LogP) is 4.11. The molecule has 0 saturated carbocycles. The van der Waals surface area contributed by atoms with Crippen LogP contribution >= 0.6 is 0 Å². The van der Waals surface area contributed by atoms with Gasteiger partial charge in [-0.3, -0.25) is 9.69 Å². The fraction of sp³-hybridized carbons (Fsp3) is 0.500. The monoisotopic (exact) mass is 534 g/mol. The summed E-state index contributed by atoms with van der Waals surface area (Å²) in [6.45, 7) is 14.4. The Balaban J connectivity index is 0.000000662. The molecule has 1 aromatic carbocycles. The van der Waals surface area contributed by atoms with E-state index in [9.17, 15) is 4.79 Å². The number of ether oxygens (including phenoxy) is 2. The molecule has 6 rings (SSSR count). The maximum absolute atomic E-state index is 11.6. The van der Waals surface area contributed by atoms with Gasteiger partial charge in [0.05, 0.1) is 25.5 Å². The fourth-order valence-electron chi connectivity index (χ4n) is 5.15. The van der Waals surface area contributed by atoms with Crippen molar-refractivity contribution in [3.05, 3.63) is 48.8 Å². The van der Waals surface area contributed by atoms with Crippen molar-refractivity contribution in [2.24, 2.45) is 5.92 Å². The van der Waals surface area contributed by atoms with Crippen molar-refractivity contribution in [3.63, 3.8) is 0 Å². The number of fused-ring (bicyclic) bond motifs is 1. The topological polar surface area (TPSA) is 95.2 Å². The van der Waals surface area contributed by atoms with E-state index < -0.39 is 0 Å². The van der Waals surface area contributed by atoms with Crippen molar-refractivity contribution in [3.8, 4) is 16.9 Å². The first-order valence-corrected chi connectivity index (χ1v) is 14.1. The Morgan fingerprint density at radius 3 is 2.38 bits per heavy atom. The van der Waals surface area contributed by atoms with Gasteiger partial charge in [0.2, 0.25) is 5.91 Å². The number of nitrogens with zero attached hydrogens (tertiary/aromatic N) is 4. The zero-order valence-electron chi connectivity index (χ0n) is 23.6. The van der Waals surface area contributed by atoms with E-state index in [4.69, 9.17) is 14.9 Å². The maximum Gasteiger partial charge on any atom is 0.220 e. The lowest BCUT2D eigenvalue weighted by molar-refractivity contribution is -0.119. The highest BCUT2D eigenvalue weighted by atomic mass is 16.5. The van der Waals surface area contributed by atoms with Crippen LogP contribution in [0.4, 0.5) is 5.69 Å². The van der Waals surface area contributed by atoms with Gasteiger partial charge in [-0.05, 0) is 49.9 Å². The molecule has 210 valence electrons. The molecule has 0 bridgehead atoms. The summed E-state index contributed by atoms with van der Waals surface area (Å²) in [5, 5.41) is 13.4. The van der Waals surface area contributed by atoms with E-state index in [1.54, 1.807) is 13.1 Å². The van der Waals surface area contributed by atoms with Gasteiger partial charge < -0.3 is 25.1 Å². The normalized spacial score (nSPS) is 20.2. The van der Waals surface area contributed by atoms with Crippen molar-refractivity contribution >= 4 is 23.3 Å². The van der Waals surface area contributed by atoms with E-state index in [0.29, 0.717) is 19.0 Å². The number of hydrogen-bond donors (Lipinski definition) is 2. The van der Waals surface area contributed by atoms with Crippen LogP contribution in [0.5, 0.6) is 5.75 Å². The molecule has 3 fully saturated rings. The highest BCUT2D eigenvalue weighted by Gasteiger charge is 2.29. The number of carbonyl (C=O) groups is 1. The molecular weight excluding hydrogens is 492 g/mol. The molecule has 9 nitrogen and oxygen atoms in total. The van der Waals surface area contributed by atoms with Crippen LogP contribution in [0, 0.1) is 11.3 Å². The molecule has 2 unspecified atom stereocenters. The molecule has 3 aromatic rings. The van der Waals surface area contributed by atoms with Crippen molar-refractivity contribution in [1.29, 1.82) is 5.41 Å². The van der Waals surface area contributed by atoms with E-state index in [1.165, 1.54) is 11.9 Å². The first-order valence-electron chi connectivity index (χ1n) is 14.1. The summed E-state index contributed by atoms with van der Waals surface area (Å²) in [7, 11) is 0. The number of carbonyl (C=O) groups excluding carboxylic acids is 1. The van der Waals surface area contributed by atoms with Crippen LogP contribution in [0.2, 0.25) is 0 Å². The zero-order valence-corrected chi connectivity index (χ0v) is 23.6. The molecule has 2 N–H and O–H groups in total. The van der Waals surface area contributed by atoms with Gasteiger partial charge in [0.25, 0.3) is 0 Å². The van der Waals surface area contributed by atoms with E-state index in [0.717, 1.165) is 61.8 Å². The van der Waals surface area contributed by atoms with Crippen LogP contribution in [0.25, 0.3) is 16.6 Å². The molecule has 0 aliphatic carbocycles. The molecule has 0 spiro atoms. The smallest absolute Gasteiger partial charge is 0.220 e. The lowest BCUT2D eigenvalue weighted by Gasteiger charge is -2.43. The molecule has 39 heavy (non-hydrogen) atoms. The summed E-state index contributed by atoms with van der Waals surface area (Å²) < 4.78 is 13.6. The van der Waals surface area contributed by atoms with Gasteiger partial charge in [0.15, 0.2) is 0 Å². The summed E-state index contributed by atoms with van der Waals surface area (Å²) in [4.78, 5) is 16.6. The molecule has 3 aliphatic heterocycles. The summed E-state index contributed by atoms with van der Waals surface area (Å²) in [6, 6.07) is 13.5. The van der Waals surface area contributed by atoms with Gasteiger partial charge in [-0.1, -0.05) is 26.0 Å². The first-order chi connectivity index (χ1) is 19.1. The summed E-state index contributed by atoms with van der Waals surface area (Å²) in [5.74, 6) is 1.07.